The van der Waals surface area contributed by atoms with Crippen LogP contribution in [0.3, 0.4) is 0 Å². The average Bonchev–Trinajstić information content (AvgIpc) is 2.92. The van der Waals surface area contributed by atoms with Crippen molar-refractivity contribution in [1.29, 1.82) is 0 Å². The lowest BCUT2D eigenvalue weighted by molar-refractivity contribution is 0.408. The third-order valence-corrected chi connectivity index (χ3v) is 5.05. The van der Waals surface area contributed by atoms with Crippen LogP contribution in [0.25, 0.3) is 0 Å². The number of nitrogens with zero attached hydrogens (tertiary/aromatic N) is 2. The Hall–Kier alpha value is -1.86. The molecule has 0 amide bonds. The van der Waals surface area contributed by atoms with Crippen LogP contribution in [0.1, 0.15) is 38.1 Å². The Labute approximate surface area is 137 Å². The first-order valence-electron chi connectivity index (χ1n) is 7.66. The molecule has 1 heterocycles. The fourth-order valence-corrected chi connectivity index (χ4v) is 3.07. The van der Waals surface area contributed by atoms with Crippen molar-refractivity contribution >= 4 is 10.0 Å². The van der Waals surface area contributed by atoms with Gasteiger partial charge in [0.25, 0.3) is 0 Å². The molecule has 0 aliphatic heterocycles. The van der Waals surface area contributed by atoms with Gasteiger partial charge in [-0.15, -0.1) is 0 Å². The second-order valence-electron chi connectivity index (χ2n) is 5.37. The highest BCUT2D eigenvalue weighted by Gasteiger charge is 2.20. The first-order valence-corrected chi connectivity index (χ1v) is 9.31. The molecule has 0 saturated heterocycles. The van der Waals surface area contributed by atoms with Gasteiger partial charge in [0, 0.05) is 6.54 Å². The molecule has 0 fully saturated rings. The van der Waals surface area contributed by atoms with E-state index in [1.165, 1.54) is 0 Å². The lowest BCUT2D eigenvalue weighted by Crippen LogP contribution is -2.29. The molecule has 0 aliphatic carbocycles. The maximum atomic E-state index is 11.7. The maximum Gasteiger partial charge on any atom is 0.302 e. The summed E-state index contributed by atoms with van der Waals surface area (Å²) in [5.74, 6) is 0.744. The lowest BCUT2D eigenvalue weighted by atomic mass is 10.2. The van der Waals surface area contributed by atoms with Crippen molar-refractivity contribution in [3.8, 4) is 11.8 Å². The van der Waals surface area contributed by atoms with Gasteiger partial charge in [0.15, 0.2) is 0 Å². The Morgan fingerprint density at radius 1 is 1.26 bits per heavy atom. The summed E-state index contributed by atoms with van der Waals surface area (Å²) in [5.41, 5.74) is 1.92. The van der Waals surface area contributed by atoms with E-state index in [0.29, 0.717) is 18.3 Å². The topological polar surface area (TPSA) is 73.2 Å². The molecule has 126 valence electrons. The highest BCUT2D eigenvalue weighted by atomic mass is 32.2. The molecule has 2 rings (SSSR count). The van der Waals surface area contributed by atoms with Crippen molar-refractivity contribution in [2.75, 3.05) is 5.75 Å². The van der Waals surface area contributed by atoms with Crippen molar-refractivity contribution in [3.63, 3.8) is 0 Å². The zero-order valence-corrected chi connectivity index (χ0v) is 14.7. The first-order chi connectivity index (χ1) is 10.9. The molecule has 7 heteroatoms. The second kappa shape index (κ2) is 7.14. The van der Waals surface area contributed by atoms with Crippen molar-refractivity contribution in [2.45, 2.75) is 40.3 Å². The summed E-state index contributed by atoms with van der Waals surface area (Å²) in [5, 5.41) is 0. The molecule has 1 atom stereocenters. The quantitative estimate of drug-likeness (QED) is 0.843. The minimum atomic E-state index is -3.28. The molecule has 0 radical (unpaired) electrons. The summed E-state index contributed by atoms with van der Waals surface area (Å²) in [6.07, 6.45) is 1.65. The monoisotopic (exact) mass is 337 g/mol. The van der Waals surface area contributed by atoms with E-state index >= 15 is 0 Å². The Bertz CT molecular complexity index is 751. The third kappa shape index (κ3) is 4.33. The fourth-order valence-electron chi connectivity index (χ4n) is 2.24. The molecular formula is C16H23N3O3S. The van der Waals surface area contributed by atoms with Gasteiger partial charge in [0.05, 0.1) is 23.7 Å². The van der Waals surface area contributed by atoms with Crippen LogP contribution in [0.15, 0.2) is 30.5 Å². The largest absolute Gasteiger partial charge is 0.426 e. The Morgan fingerprint density at radius 2 is 1.91 bits per heavy atom. The number of aromatic nitrogens is 2. The minimum absolute atomic E-state index is 0.0460. The van der Waals surface area contributed by atoms with Crippen LogP contribution in [0.5, 0.6) is 11.8 Å². The van der Waals surface area contributed by atoms with Crippen LogP contribution in [0, 0.1) is 6.92 Å². The normalized spacial score (nSPS) is 13.0. The van der Waals surface area contributed by atoms with Crippen LogP contribution < -0.4 is 9.46 Å². The summed E-state index contributed by atoms with van der Waals surface area (Å²) in [6, 6.07) is 7.78. The van der Waals surface area contributed by atoms with E-state index in [1.807, 2.05) is 42.7 Å². The Morgan fingerprint density at radius 3 is 2.48 bits per heavy atom. The van der Waals surface area contributed by atoms with Crippen molar-refractivity contribution in [3.05, 3.63) is 41.7 Å². The van der Waals surface area contributed by atoms with Crippen LogP contribution in [-0.4, -0.2) is 23.7 Å². The van der Waals surface area contributed by atoms with Gasteiger partial charge in [0.1, 0.15) is 5.75 Å². The molecule has 1 unspecified atom stereocenters. The summed E-state index contributed by atoms with van der Waals surface area (Å²) in [6.45, 7) is 8.02. The molecule has 0 spiro atoms. The number of hydrogen-bond donors (Lipinski definition) is 1. The molecule has 0 aliphatic rings. The number of aryl methyl sites for hydroxylation is 1. The molecule has 6 nitrogen and oxygen atoms in total. The lowest BCUT2D eigenvalue weighted by Gasteiger charge is -2.16. The molecule has 0 saturated carbocycles. The number of imidazole rings is 1. The molecule has 1 aromatic carbocycles. The molecule has 1 aromatic heterocycles. The number of sulfonamides is 1. The van der Waals surface area contributed by atoms with Gasteiger partial charge in [-0.05, 0) is 39.8 Å². The highest BCUT2D eigenvalue weighted by Crippen LogP contribution is 2.25. The van der Waals surface area contributed by atoms with E-state index in [-0.39, 0.29) is 11.8 Å². The molecule has 2 aromatic rings. The van der Waals surface area contributed by atoms with Crippen LogP contribution in [0.4, 0.5) is 0 Å². The highest BCUT2D eigenvalue weighted by molar-refractivity contribution is 7.89. The van der Waals surface area contributed by atoms with Crippen LogP contribution >= 0.6 is 0 Å². The molecular weight excluding hydrogens is 314 g/mol. The maximum absolute atomic E-state index is 11.7. The Balaban J connectivity index is 2.23. The number of rotatable bonds is 7. The molecule has 23 heavy (non-hydrogen) atoms. The number of hydrogen-bond acceptors (Lipinski definition) is 4. The minimum Gasteiger partial charge on any atom is -0.426 e. The van der Waals surface area contributed by atoms with E-state index in [0.717, 1.165) is 11.3 Å². The predicted molar refractivity (Wildman–Crippen MR) is 90.2 cm³/mol. The fraction of sp³-hybridized carbons (Fsp3) is 0.438. The van der Waals surface area contributed by atoms with Crippen molar-refractivity contribution < 1.29 is 13.2 Å². The average molecular weight is 337 g/mol. The summed E-state index contributed by atoms with van der Waals surface area (Å²) >= 11 is 0. The van der Waals surface area contributed by atoms with E-state index in [4.69, 9.17) is 4.74 Å². The van der Waals surface area contributed by atoms with Gasteiger partial charge < -0.3 is 4.74 Å². The summed E-state index contributed by atoms with van der Waals surface area (Å²) < 4.78 is 33.8. The zero-order chi connectivity index (χ0) is 17.0. The van der Waals surface area contributed by atoms with Crippen LogP contribution in [0.2, 0.25) is 0 Å². The number of benzene rings is 1. The van der Waals surface area contributed by atoms with Crippen molar-refractivity contribution in [1.82, 2.24) is 14.3 Å². The smallest absolute Gasteiger partial charge is 0.302 e. The van der Waals surface area contributed by atoms with E-state index in [1.54, 1.807) is 20.0 Å². The van der Waals surface area contributed by atoms with Gasteiger partial charge in [-0.1, -0.05) is 17.7 Å². The van der Waals surface area contributed by atoms with E-state index in [9.17, 15) is 8.42 Å². The SMILES string of the molecule is CCn1c(C(C)NS(=O)(=O)CC)cnc1Oc1ccc(C)cc1. The zero-order valence-electron chi connectivity index (χ0n) is 13.9. The second-order valence-corrected chi connectivity index (χ2v) is 7.41. The van der Waals surface area contributed by atoms with Gasteiger partial charge in [-0.3, -0.25) is 4.57 Å². The van der Waals surface area contributed by atoms with Gasteiger partial charge in [-0.25, -0.2) is 18.1 Å². The standard InChI is InChI=1S/C16H23N3O3S/c1-5-19-15(13(4)18-23(20,21)6-2)11-17-16(19)22-14-9-7-12(3)8-10-14/h7-11,13,18H,5-6H2,1-4H3. The number of ether oxygens (including phenoxy) is 1. The van der Waals surface area contributed by atoms with Crippen LogP contribution in [-0.2, 0) is 16.6 Å². The van der Waals surface area contributed by atoms with Crippen molar-refractivity contribution in [2.24, 2.45) is 0 Å². The number of nitrogens with one attached hydrogen (secondary N) is 1. The first kappa shape index (κ1) is 17.5. The predicted octanol–water partition coefficient (Wildman–Crippen LogP) is 3.00. The van der Waals surface area contributed by atoms with Gasteiger partial charge in [0.2, 0.25) is 10.0 Å². The Kier molecular flexibility index (Phi) is 5.43. The molecule has 1 N–H and O–H groups in total. The van der Waals surface area contributed by atoms with Gasteiger partial charge in [-0.2, -0.15) is 0 Å². The van der Waals surface area contributed by atoms with Gasteiger partial charge >= 0.3 is 6.01 Å². The van der Waals surface area contributed by atoms with E-state index < -0.39 is 10.0 Å². The molecule has 0 bridgehead atoms. The summed E-state index contributed by atoms with van der Waals surface area (Å²) in [7, 11) is -3.28. The third-order valence-electron chi connectivity index (χ3n) is 3.58. The van der Waals surface area contributed by atoms with E-state index in [2.05, 4.69) is 9.71 Å². The summed E-state index contributed by atoms with van der Waals surface area (Å²) in [4.78, 5) is 4.29.